The molecule has 1 amide bonds. The zero-order chi connectivity index (χ0) is 13.1. The van der Waals surface area contributed by atoms with Gasteiger partial charge in [0.1, 0.15) is 5.82 Å². The van der Waals surface area contributed by atoms with Crippen molar-refractivity contribution >= 4 is 21.8 Å². The molecule has 0 saturated carbocycles. The number of ether oxygens (including phenoxy) is 1. The summed E-state index contributed by atoms with van der Waals surface area (Å²) in [5.41, 5.74) is 0.421. The van der Waals surface area contributed by atoms with Crippen molar-refractivity contribution < 1.29 is 13.9 Å². The molecule has 2 N–H and O–H groups in total. The van der Waals surface area contributed by atoms with E-state index in [1.165, 1.54) is 18.2 Å². The summed E-state index contributed by atoms with van der Waals surface area (Å²) >= 11 is 3.06. The van der Waals surface area contributed by atoms with Crippen LogP contribution in [0.3, 0.4) is 0 Å². The zero-order valence-corrected chi connectivity index (χ0v) is 11.5. The summed E-state index contributed by atoms with van der Waals surface area (Å²) in [6.07, 6.45) is -0.0298. The van der Waals surface area contributed by atoms with Crippen LogP contribution in [0.15, 0.2) is 22.7 Å². The van der Waals surface area contributed by atoms with Crippen molar-refractivity contribution in [2.45, 2.75) is 12.1 Å². The third-order valence-corrected chi connectivity index (χ3v) is 3.57. The van der Waals surface area contributed by atoms with Crippen molar-refractivity contribution in [1.29, 1.82) is 0 Å². The molecule has 98 valence electrons. The highest BCUT2D eigenvalue weighted by Gasteiger charge is 2.28. The Hall–Kier alpha value is -0.980. The first-order chi connectivity index (χ1) is 8.61. The summed E-state index contributed by atoms with van der Waals surface area (Å²) in [4.78, 5) is 12.0. The van der Waals surface area contributed by atoms with Gasteiger partial charge >= 0.3 is 0 Å². The van der Waals surface area contributed by atoms with Gasteiger partial charge in [0.2, 0.25) is 0 Å². The Morgan fingerprint density at radius 1 is 1.56 bits per heavy atom. The smallest absolute Gasteiger partial charge is 0.251 e. The highest BCUT2D eigenvalue weighted by molar-refractivity contribution is 9.10. The molecule has 2 rings (SSSR count). The highest BCUT2D eigenvalue weighted by atomic mass is 79.9. The van der Waals surface area contributed by atoms with Crippen LogP contribution >= 0.6 is 15.9 Å². The maximum absolute atomic E-state index is 13.1. The number of nitrogens with one attached hydrogen (secondary N) is 2. The van der Waals surface area contributed by atoms with Crippen LogP contribution in [0.4, 0.5) is 4.39 Å². The van der Waals surface area contributed by atoms with E-state index < -0.39 is 0 Å². The van der Waals surface area contributed by atoms with E-state index in [1.807, 2.05) is 0 Å². The minimum atomic E-state index is -0.385. The van der Waals surface area contributed by atoms with Gasteiger partial charge < -0.3 is 15.4 Å². The molecule has 1 aliphatic heterocycles. The molecule has 0 unspecified atom stereocenters. The number of carbonyl (C=O) groups excluding carboxylic acids is 1. The first kappa shape index (κ1) is 13.5. The molecule has 2 atom stereocenters. The van der Waals surface area contributed by atoms with Crippen molar-refractivity contribution in [3.05, 3.63) is 34.1 Å². The molecule has 0 aliphatic carbocycles. The third kappa shape index (κ3) is 2.88. The number of rotatable bonds is 3. The first-order valence-electron chi connectivity index (χ1n) is 5.61. The van der Waals surface area contributed by atoms with Crippen LogP contribution in [-0.4, -0.2) is 38.3 Å². The Bertz CT molecular complexity index is 456. The van der Waals surface area contributed by atoms with Crippen LogP contribution in [-0.2, 0) is 4.74 Å². The van der Waals surface area contributed by atoms with Gasteiger partial charge in [0.05, 0.1) is 16.6 Å². The largest absolute Gasteiger partial charge is 0.378 e. The van der Waals surface area contributed by atoms with Crippen molar-refractivity contribution in [2.75, 3.05) is 20.2 Å². The second-order valence-corrected chi connectivity index (χ2v) is 5.00. The molecule has 1 fully saturated rings. The van der Waals surface area contributed by atoms with Crippen LogP contribution in [0.2, 0.25) is 0 Å². The van der Waals surface area contributed by atoms with Gasteiger partial charge in [-0.25, -0.2) is 4.39 Å². The molecule has 0 spiro atoms. The number of hydrogen-bond donors (Lipinski definition) is 2. The minimum absolute atomic E-state index is 0.0298. The summed E-state index contributed by atoms with van der Waals surface area (Å²) in [7, 11) is 1.62. The average Bonchev–Trinajstić information content (AvgIpc) is 2.79. The van der Waals surface area contributed by atoms with E-state index in [0.717, 1.165) is 0 Å². The summed E-state index contributed by atoms with van der Waals surface area (Å²) in [5, 5.41) is 6.01. The molecule has 1 aromatic carbocycles. The maximum Gasteiger partial charge on any atom is 0.251 e. The molecular weight excluding hydrogens is 303 g/mol. The van der Waals surface area contributed by atoms with Crippen molar-refractivity contribution in [1.82, 2.24) is 10.6 Å². The topological polar surface area (TPSA) is 50.4 Å². The second kappa shape index (κ2) is 5.77. The number of amides is 1. The lowest BCUT2D eigenvalue weighted by molar-refractivity contribution is 0.0780. The Balaban J connectivity index is 2.05. The monoisotopic (exact) mass is 316 g/mol. The van der Waals surface area contributed by atoms with E-state index in [4.69, 9.17) is 4.74 Å². The van der Waals surface area contributed by atoms with E-state index in [2.05, 4.69) is 26.6 Å². The van der Waals surface area contributed by atoms with Crippen LogP contribution in [0, 0.1) is 5.82 Å². The third-order valence-electron chi connectivity index (χ3n) is 2.96. The summed E-state index contributed by atoms with van der Waals surface area (Å²) < 4.78 is 18.6. The maximum atomic E-state index is 13.1. The van der Waals surface area contributed by atoms with Crippen LogP contribution in [0.25, 0.3) is 0 Å². The molecule has 0 radical (unpaired) electrons. The molecular formula is C12H14BrFN2O2. The van der Waals surface area contributed by atoms with Gasteiger partial charge in [-0.05, 0) is 34.1 Å². The SMILES string of the molecule is CO[C@H]1CNC[C@@H]1NC(=O)c1ccc(F)c(Br)c1. The quantitative estimate of drug-likeness (QED) is 0.884. The average molecular weight is 317 g/mol. The molecule has 0 aromatic heterocycles. The van der Waals surface area contributed by atoms with Gasteiger partial charge in [-0.3, -0.25) is 4.79 Å². The molecule has 0 bridgehead atoms. The lowest BCUT2D eigenvalue weighted by Crippen LogP contribution is -2.43. The molecule has 1 aromatic rings. The first-order valence-corrected chi connectivity index (χ1v) is 6.40. The molecule has 6 heteroatoms. The predicted molar refractivity (Wildman–Crippen MR) is 69.0 cm³/mol. The van der Waals surface area contributed by atoms with Crippen LogP contribution < -0.4 is 10.6 Å². The summed E-state index contributed by atoms with van der Waals surface area (Å²) in [5.74, 6) is -0.615. The van der Waals surface area contributed by atoms with E-state index in [-0.39, 0.29) is 28.3 Å². The Morgan fingerprint density at radius 2 is 2.33 bits per heavy atom. The number of benzene rings is 1. The fraction of sp³-hybridized carbons (Fsp3) is 0.417. The fourth-order valence-electron chi connectivity index (χ4n) is 1.94. The van der Waals surface area contributed by atoms with E-state index in [0.29, 0.717) is 18.7 Å². The zero-order valence-electron chi connectivity index (χ0n) is 9.87. The number of hydrogen-bond acceptors (Lipinski definition) is 3. The standard InChI is InChI=1S/C12H14BrFN2O2/c1-18-11-6-15-5-10(11)16-12(17)7-2-3-9(14)8(13)4-7/h2-4,10-11,15H,5-6H2,1H3,(H,16,17)/t10-,11-/m0/s1. The summed E-state index contributed by atoms with van der Waals surface area (Å²) in [6.45, 7) is 1.39. The molecule has 4 nitrogen and oxygen atoms in total. The van der Waals surface area contributed by atoms with E-state index in [1.54, 1.807) is 7.11 Å². The molecule has 1 saturated heterocycles. The van der Waals surface area contributed by atoms with Gasteiger partial charge in [-0.15, -0.1) is 0 Å². The normalized spacial score (nSPS) is 23.1. The number of halogens is 2. The van der Waals surface area contributed by atoms with Gasteiger partial charge in [-0.1, -0.05) is 0 Å². The Labute approximate surface area is 113 Å². The van der Waals surface area contributed by atoms with Gasteiger partial charge in [-0.2, -0.15) is 0 Å². The minimum Gasteiger partial charge on any atom is -0.378 e. The number of methoxy groups -OCH3 is 1. The number of carbonyl (C=O) groups is 1. The highest BCUT2D eigenvalue weighted by Crippen LogP contribution is 2.17. The lowest BCUT2D eigenvalue weighted by Gasteiger charge is -2.18. The Morgan fingerprint density at radius 3 is 3.00 bits per heavy atom. The van der Waals surface area contributed by atoms with E-state index >= 15 is 0 Å². The van der Waals surface area contributed by atoms with Crippen molar-refractivity contribution in [3.8, 4) is 0 Å². The van der Waals surface area contributed by atoms with Gasteiger partial charge in [0.25, 0.3) is 5.91 Å². The van der Waals surface area contributed by atoms with Crippen LogP contribution in [0.1, 0.15) is 10.4 Å². The predicted octanol–water partition coefficient (Wildman–Crippen LogP) is 1.30. The molecule has 1 heterocycles. The van der Waals surface area contributed by atoms with Gasteiger partial charge in [0.15, 0.2) is 0 Å². The van der Waals surface area contributed by atoms with Gasteiger partial charge in [0, 0.05) is 25.8 Å². The van der Waals surface area contributed by atoms with Crippen molar-refractivity contribution in [3.63, 3.8) is 0 Å². The fourth-order valence-corrected chi connectivity index (χ4v) is 2.31. The lowest BCUT2D eigenvalue weighted by atomic mass is 10.1. The summed E-state index contributed by atoms with van der Waals surface area (Å²) in [6, 6.07) is 4.13. The van der Waals surface area contributed by atoms with Crippen molar-refractivity contribution in [2.24, 2.45) is 0 Å². The molecule has 18 heavy (non-hydrogen) atoms. The van der Waals surface area contributed by atoms with Crippen LogP contribution in [0.5, 0.6) is 0 Å². The van der Waals surface area contributed by atoms with E-state index in [9.17, 15) is 9.18 Å². The Kier molecular flexibility index (Phi) is 4.31. The molecule has 1 aliphatic rings. The second-order valence-electron chi connectivity index (χ2n) is 4.14.